The van der Waals surface area contributed by atoms with Crippen LogP contribution in [0.1, 0.15) is 24.9 Å². The van der Waals surface area contributed by atoms with Gasteiger partial charge in [0.2, 0.25) is 11.1 Å². The first-order valence-electron chi connectivity index (χ1n) is 7.85. The fourth-order valence-electron chi connectivity index (χ4n) is 2.89. The molecule has 132 valence electrons. The van der Waals surface area contributed by atoms with Gasteiger partial charge in [0.15, 0.2) is 0 Å². The number of aromatic nitrogens is 3. The molecule has 0 saturated carbocycles. The number of fused-ring (bicyclic) bond motifs is 1. The van der Waals surface area contributed by atoms with Crippen LogP contribution in [0, 0.1) is 0 Å². The lowest BCUT2D eigenvalue weighted by Gasteiger charge is -2.28. The van der Waals surface area contributed by atoms with E-state index in [9.17, 15) is 4.79 Å². The van der Waals surface area contributed by atoms with Gasteiger partial charge >= 0.3 is 5.97 Å². The van der Waals surface area contributed by atoms with Gasteiger partial charge in [-0.3, -0.25) is 0 Å². The third-order valence-electron chi connectivity index (χ3n) is 4.07. The number of hydrogen-bond donors (Lipinski definition) is 1. The van der Waals surface area contributed by atoms with Crippen LogP contribution in [0.15, 0.2) is 40.7 Å². The lowest BCUT2D eigenvalue weighted by molar-refractivity contribution is -0.136. The first-order valence-corrected chi connectivity index (χ1v) is 9.08. The average Bonchev–Trinajstić information content (AvgIpc) is 3.08. The van der Waals surface area contributed by atoms with E-state index in [-0.39, 0.29) is 5.97 Å². The van der Waals surface area contributed by atoms with E-state index in [1.165, 1.54) is 18.9 Å². The summed E-state index contributed by atoms with van der Waals surface area (Å²) in [6.07, 6.45) is 2.56. The number of ether oxygens (including phenoxy) is 2. The predicted molar refractivity (Wildman–Crippen MR) is 95.9 cm³/mol. The van der Waals surface area contributed by atoms with Gasteiger partial charge in [0.25, 0.3) is 0 Å². The van der Waals surface area contributed by atoms with E-state index in [1.807, 2.05) is 37.4 Å². The van der Waals surface area contributed by atoms with Crippen LogP contribution >= 0.6 is 11.8 Å². The lowest BCUT2D eigenvalue weighted by Crippen LogP contribution is -2.30. The van der Waals surface area contributed by atoms with Crippen molar-refractivity contribution in [3.8, 4) is 5.75 Å². The maximum Gasteiger partial charge on any atom is 0.338 e. The minimum Gasteiger partial charge on any atom is -0.497 e. The highest BCUT2D eigenvalue weighted by atomic mass is 32.2. The molecule has 7 nitrogen and oxygen atoms in total. The number of nitrogens with zero attached hydrogens (tertiary/aromatic N) is 3. The molecule has 0 amide bonds. The number of carbonyl (C=O) groups is 1. The molecule has 0 spiro atoms. The molecule has 25 heavy (non-hydrogen) atoms. The Kier molecular flexibility index (Phi) is 4.98. The zero-order chi connectivity index (χ0) is 18.0. The maximum atomic E-state index is 12.5. The first-order chi connectivity index (χ1) is 12.1. The summed E-state index contributed by atoms with van der Waals surface area (Å²) >= 11 is 1.45. The van der Waals surface area contributed by atoms with E-state index in [0.29, 0.717) is 28.8 Å². The molecule has 2 heterocycles. The number of rotatable bonds is 5. The van der Waals surface area contributed by atoms with Crippen molar-refractivity contribution in [1.82, 2.24) is 14.8 Å². The normalized spacial score (nSPS) is 16.2. The minimum atomic E-state index is -0.429. The van der Waals surface area contributed by atoms with Crippen LogP contribution in [0.3, 0.4) is 0 Å². The SMILES string of the molecule is CCC1=C(C(=O)OC)[C@@H](c2cccc(OC)c2)n2nc(SC)nc2N1. The molecule has 0 radical (unpaired) electrons. The highest BCUT2D eigenvalue weighted by Crippen LogP contribution is 2.38. The summed E-state index contributed by atoms with van der Waals surface area (Å²) in [5.41, 5.74) is 2.20. The molecular formula is C17H20N4O3S. The Bertz CT molecular complexity index is 831. The summed E-state index contributed by atoms with van der Waals surface area (Å²) in [6.45, 7) is 1.98. The number of thioether (sulfide) groups is 1. The van der Waals surface area contributed by atoms with Crippen LogP contribution in [0.2, 0.25) is 0 Å². The summed E-state index contributed by atoms with van der Waals surface area (Å²) in [5, 5.41) is 8.40. The summed E-state index contributed by atoms with van der Waals surface area (Å²) in [6, 6.07) is 7.17. The smallest absolute Gasteiger partial charge is 0.338 e. The van der Waals surface area contributed by atoms with Crippen LogP contribution in [0.4, 0.5) is 5.95 Å². The number of nitrogens with one attached hydrogen (secondary N) is 1. The Morgan fingerprint density at radius 3 is 2.84 bits per heavy atom. The summed E-state index contributed by atoms with van der Waals surface area (Å²) in [7, 11) is 3.00. The molecule has 1 aromatic carbocycles. The average molecular weight is 360 g/mol. The van der Waals surface area contributed by atoms with Gasteiger partial charge in [-0.25, -0.2) is 9.48 Å². The molecule has 1 aliphatic rings. The number of esters is 1. The Morgan fingerprint density at radius 1 is 1.40 bits per heavy atom. The Morgan fingerprint density at radius 2 is 2.20 bits per heavy atom. The Balaban J connectivity index is 2.22. The fourth-order valence-corrected chi connectivity index (χ4v) is 3.24. The fraction of sp³-hybridized carbons (Fsp3) is 0.353. The number of carbonyl (C=O) groups excluding carboxylic acids is 1. The Hall–Kier alpha value is -2.48. The number of methoxy groups -OCH3 is 2. The molecule has 2 aromatic rings. The maximum absolute atomic E-state index is 12.5. The van der Waals surface area contributed by atoms with Crippen molar-refractivity contribution >= 4 is 23.7 Å². The van der Waals surface area contributed by atoms with Gasteiger partial charge in [0.05, 0.1) is 19.8 Å². The van der Waals surface area contributed by atoms with E-state index >= 15 is 0 Å². The summed E-state index contributed by atoms with van der Waals surface area (Å²) < 4.78 is 12.1. The third kappa shape index (κ3) is 3.09. The Labute approximate surface area is 150 Å². The second-order valence-electron chi connectivity index (χ2n) is 5.41. The van der Waals surface area contributed by atoms with E-state index in [4.69, 9.17) is 9.47 Å². The molecule has 0 aliphatic carbocycles. The van der Waals surface area contributed by atoms with Crippen LogP contribution in [0.5, 0.6) is 5.75 Å². The van der Waals surface area contributed by atoms with E-state index in [1.54, 1.807) is 11.8 Å². The van der Waals surface area contributed by atoms with Gasteiger partial charge in [-0.2, -0.15) is 4.98 Å². The zero-order valence-corrected chi connectivity index (χ0v) is 15.4. The highest BCUT2D eigenvalue weighted by Gasteiger charge is 2.35. The largest absolute Gasteiger partial charge is 0.497 e. The number of allylic oxidation sites excluding steroid dienone is 1. The molecule has 0 bridgehead atoms. The van der Waals surface area contributed by atoms with Crippen LogP contribution in [0.25, 0.3) is 0 Å². The van der Waals surface area contributed by atoms with Crippen LogP contribution in [-0.2, 0) is 9.53 Å². The highest BCUT2D eigenvalue weighted by molar-refractivity contribution is 7.98. The van der Waals surface area contributed by atoms with Gasteiger partial charge in [0, 0.05) is 5.70 Å². The van der Waals surface area contributed by atoms with Gasteiger partial charge in [-0.1, -0.05) is 30.8 Å². The van der Waals surface area contributed by atoms with Crippen molar-refractivity contribution in [2.24, 2.45) is 0 Å². The molecule has 1 atom stereocenters. The molecule has 0 fully saturated rings. The van der Waals surface area contributed by atoms with Crippen LogP contribution < -0.4 is 10.1 Å². The van der Waals surface area contributed by atoms with Gasteiger partial charge in [-0.05, 0) is 30.4 Å². The van der Waals surface area contributed by atoms with E-state index in [2.05, 4.69) is 15.4 Å². The predicted octanol–water partition coefficient (Wildman–Crippen LogP) is 2.86. The van der Waals surface area contributed by atoms with Gasteiger partial charge in [-0.15, -0.1) is 5.10 Å². The van der Waals surface area contributed by atoms with Crippen molar-refractivity contribution in [3.63, 3.8) is 0 Å². The molecule has 1 aliphatic heterocycles. The van der Waals surface area contributed by atoms with Crippen molar-refractivity contribution < 1.29 is 14.3 Å². The third-order valence-corrected chi connectivity index (χ3v) is 4.61. The van der Waals surface area contributed by atoms with E-state index < -0.39 is 6.04 Å². The zero-order valence-electron chi connectivity index (χ0n) is 14.6. The van der Waals surface area contributed by atoms with Crippen LogP contribution in [-0.4, -0.2) is 41.2 Å². The molecule has 1 N–H and O–H groups in total. The standard InChI is InChI=1S/C17H20N4O3S/c1-5-12-13(15(22)24-3)14(10-7-6-8-11(9-10)23-2)21-16(18-12)19-17(20-21)25-4/h6-9,14H,5H2,1-4H3,(H,18,19,20)/t14-/m1/s1. The minimum absolute atomic E-state index is 0.385. The molecule has 1 aromatic heterocycles. The lowest BCUT2D eigenvalue weighted by atomic mass is 9.94. The topological polar surface area (TPSA) is 78.3 Å². The molecule has 0 unspecified atom stereocenters. The quantitative estimate of drug-likeness (QED) is 0.649. The summed E-state index contributed by atoms with van der Waals surface area (Å²) in [5.74, 6) is 0.941. The number of benzene rings is 1. The molecule has 3 rings (SSSR count). The molecular weight excluding hydrogens is 340 g/mol. The second-order valence-corrected chi connectivity index (χ2v) is 6.18. The molecule has 0 saturated heterocycles. The number of hydrogen-bond acceptors (Lipinski definition) is 7. The van der Waals surface area contributed by atoms with Gasteiger partial charge < -0.3 is 14.8 Å². The monoisotopic (exact) mass is 360 g/mol. The summed E-state index contributed by atoms with van der Waals surface area (Å²) in [4.78, 5) is 17.0. The second kappa shape index (κ2) is 7.18. The van der Waals surface area contributed by atoms with Crippen molar-refractivity contribution in [1.29, 1.82) is 0 Å². The van der Waals surface area contributed by atoms with E-state index in [0.717, 1.165) is 11.3 Å². The number of anilines is 1. The molecule has 8 heteroatoms. The van der Waals surface area contributed by atoms with Crippen molar-refractivity contribution in [3.05, 3.63) is 41.1 Å². The van der Waals surface area contributed by atoms with Crippen molar-refractivity contribution in [2.45, 2.75) is 24.5 Å². The van der Waals surface area contributed by atoms with Crippen molar-refractivity contribution in [2.75, 3.05) is 25.8 Å². The first kappa shape index (κ1) is 17.3. The van der Waals surface area contributed by atoms with Gasteiger partial charge in [0.1, 0.15) is 11.8 Å².